The van der Waals surface area contributed by atoms with Crippen LogP contribution >= 0.6 is 23.2 Å². The second kappa shape index (κ2) is 4.59. The highest BCUT2D eigenvalue weighted by molar-refractivity contribution is 6.31. The zero-order valence-corrected chi connectivity index (χ0v) is 10.2. The maximum Gasteiger partial charge on any atom is 0.406 e. The lowest BCUT2D eigenvalue weighted by atomic mass is 10.3. The van der Waals surface area contributed by atoms with Gasteiger partial charge in [0.2, 0.25) is 0 Å². The molecule has 0 aliphatic rings. The number of alkyl halides is 4. The molecule has 2 aromatic rings. The average Bonchev–Trinajstić information content (AvgIpc) is 2.55. The van der Waals surface area contributed by atoms with E-state index in [1.807, 2.05) is 0 Å². The number of aromatic nitrogens is 2. The minimum absolute atomic E-state index is 0.0184. The van der Waals surface area contributed by atoms with Crippen molar-refractivity contribution < 1.29 is 17.6 Å². The Morgan fingerprint density at radius 3 is 2.50 bits per heavy atom. The summed E-state index contributed by atoms with van der Waals surface area (Å²) in [7, 11) is 0. The van der Waals surface area contributed by atoms with Crippen LogP contribution in [0.3, 0.4) is 0 Å². The minimum atomic E-state index is -4.44. The second-order valence-corrected chi connectivity index (χ2v) is 4.29. The van der Waals surface area contributed by atoms with E-state index < -0.39 is 18.5 Å². The number of halogens is 6. The van der Waals surface area contributed by atoms with Crippen molar-refractivity contribution in [2.24, 2.45) is 0 Å². The van der Waals surface area contributed by atoms with Crippen molar-refractivity contribution in [1.82, 2.24) is 9.55 Å². The van der Waals surface area contributed by atoms with Crippen molar-refractivity contribution in [3.05, 3.63) is 28.8 Å². The fourth-order valence-electron chi connectivity index (χ4n) is 1.63. The SMILES string of the molecule is Fc1cc2c(cc1Cl)nc(CCl)n2CC(F)(F)F. The molecular weight excluding hydrogens is 295 g/mol. The van der Waals surface area contributed by atoms with Crippen LogP contribution in [0.1, 0.15) is 5.82 Å². The molecular formula is C10H6Cl2F4N2. The predicted octanol–water partition coefficient (Wildman–Crippen LogP) is 4.13. The largest absolute Gasteiger partial charge is 0.406 e. The highest BCUT2D eigenvalue weighted by atomic mass is 35.5. The first-order valence-electron chi connectivity index (χ1n) is 4.78. The summed E-state index contributed by atoms with van der Waals surface area (Å²) in [4.78, 5) is 3.90. The Kier molecular flexibility index (Phi) is 3.42. The molecule has 98 valence electrons. The Morgan fingerprint density at radius 1 is 1.28 bits per heavy atom. The summed E-state index contributed by atoms with van der Waals surface area (Å²) in [6, 6.07) is 2.10. The zero-order chi connectivity index (χ0) is 13.5. The fourth-order valence-corrected chi connectivity index (χ4v) is 1.99. The van der Waals surface area contributed by atoms with E-state index in [1.165, 1.54) is 6.07 Å². The molecule has 0 aliphatic heterocycles. The first-order chi connectivity index (χ1) is 8.31. The molecule has 0 bridgehead atoms. The van der Waals surface area contributed by atoms with Crippen molar-refractivity contribution in [3.63, 3.8) is 0 Å². The van der Waals surface area contributed by atoms with Gasteiger partial charge in [-0.2, -0.15) is 13.2 Å². The van der Waals surface area contributed by atoms with Crippen molar-refractivity contribution >= 4 is 34.2 Å². The molecule has 0 radical (unpaired) electrons. The molecule has 2 nitrogen and oxygen atoms in total. The van der Waals surface area contributed by atoms with Crippen molar-refractivity contribution in [2.75, 3.05) is 0 Å². The van der Waals surface area contributed by atoms with Crippen LogP contribution in [0.5, 0.6) is 0 Å². The summed E-state index contributed by atoms with van der Waals surface area (Å²) in [5.41, 5.74) is 0.200. The molecule has 0 spiro atoms. The summed E-state index contributed by atoms with van der Waals surface area (Å²) in [5, 5.41) is -0.194. The molecule has 8 heteroatoms. The van der Waals surface area contributed by atoms with Crippen molar-refractivity contribution in [1.29, 1.82) is 0 Å². The molecule has 0 saturated carbocycles. The third-order valence-electron chi connectivity index (χ3n) is 2.33. The molecule has 0 unspecified atom stereocenters. The van der Waals surface area contributed by atoms with Crippen LogP contribution < -0.4 is 0 Å². The van der Waals surface area contributed by atoms with Gasteiger partial charge in [0, 0.05) is 6.07 Å². The van der Waals surface area contributed by atoms with Gasteiger partial charge in [0.1, 0.15) is 18.2 Å². The minimum Gasteiger partial charge on any atom is -0.318 e. The van der Waals surface area contributed by atoms with Crippen LogP contribution in [-0.2, 0) is 12.4 Å². The molecule has 0 aliphatic carbocycles. The maximum absolute atomic E-state index is 13.3. The summed E-state index contributed by atoms with van der Waals surface area (Å²) < 4.78 is 51.4. The first kappa shape index (κ1) is 13.4. The molecule has 1 heterocycles. The van der Waals surface area contributed by atoms with E-state index in [-0.39, 0.29) is 27.8 Å². The number of nitrogens with zero attached hydrogens (tertiary/aromatic N) is 2. The van der Waals surface area contributed by atoms with Crippen LogP contribution in [0.2, 0.25) is 5.02 Å². The number of imidazole rings is 1. The van der Waals surface area contributed by atoms with Crippen LogP contribution in [0.25, 0.3) is 11.0 Å². The van der Waals surface area contributed by atoms with E-state index >= 15 is 0 Å². The number of hydrogen-bond donors (Lipinski definition) is 0. The van der Waals surface area contributed by atoms with Gasteiger partial charge in [-0.25, -0.2) is 9.37 Å². The van der Waals surface area contributed by atoms with E-state index in [1.54, 1.807) is 0 Å². The van der Waals surface area contributed by atoms with Gasteiger partial charge in [0.05, 0.1) is 21.9 Å². The topological polar surface area (TPSA) is 17.8 Å². The van der Waals surface area contributed by atoms with Crippen LogP contribution in [0.15, 0.2) is 12.1 Å². The first-order valence-corrected chi connectivity index (χ1v) is 5.70. The van der Waals surface area contributed by atoms with Crippen molar-refractivity contribution in [2.45, 2.75) is 18.6 Å². The van der Waals surface area contributed by atoms with E-state index in [4.69, 9.17) is 23.2 Å². The summed E-state index contributed by atoms with van der Waals surface area (Å²) >= 11 is 11.1. The van der Waals surface area contributed by atoms with Crippen molar-refractivity contribution in [3.8, 4) is 0 Å². The molecule has 18 heavy (non-hydrogen) atoms. The fraction of sp³-hybridized carbons (Fsp3) is 0.300. The molecule has 0 amide bonds. The Hall–Kier alpha value is -1.01. The van der Waals surface area contributed by atoms with Crippen LogP contribution in [-0.4, -0.2) is 15.7 Å². The standard InChI is InChI=1S/C10H6Cl2F4N2/c11-3-9-17-7-1-5(12)6(13)2-8(7)18(9)4-10(14,15)16/h1-2H,3-4H2. The maximum atomic E-state index is 13.3. The second-order valence-electron chi connectivity index (χ2n) is 3.62. The van der Waals surface area contributed by atoms with Gasteiger partial charge in [-0.3, -0.25) is 0 Å². The highest BCUT2D eigenvalue weighted by Gasteiger charge is 2.30. The molecule has 0 N–H and O–H groups in total. The summed E-state index contributed by atoms with van der Waals surface area (Å²) in [6.45, 7) is -1.27. The molecule has 1 aromatic carbocycles. The van der Waals surface area contributed by atoms with Gasteiger partial charge in [0.25, 0.3) is 0 Å². The number of hydrogen-bond acceptors (Lipinski definition) is 1. The third-order valence-corrected chi connectivity index (χ3v) is 2.85. The Labute approximate surface area is 109 Å². The monoisotopic (exact) mass is 300 g/mol. The Bertz CT molecular complexity index is 592. The lowest BCUT2D eigenvalue weighted by molar-refractivity contribution is -0.140. The van der Waals surface area contributed by atoms with Gasteiger partial charge >= 0.3 is 6.18 Å². The van der Waals surface area contributed by atoms with E-state index in [0.29, 0.717) is 0 Å². The molecule has 1 aromatic heterocycles. The summed E-state index contributed by atoms with van der Waals surface area (Å²) in [5.74, 6) is -0.983. The molecule has 0 saturated heterocycles. The Morgan fingerprint density at radius 2 is 1.94 bits per heavy atom. The van der Waals surface area contributed by atoms with Gasteiger partial charge < -0.3 is 4.57 Å². The van der Waals surface area contributed by atoms with Gasteiger partial charge in [-0.05, 0) is 6.07 Å². The van der Waals surface area contributed by atoms with Gasteiger partial charge in [-0.1, -0.05) is 11.6 Å². The lowest BCUT2D eigenvalue weighted by Crippen LogP contribution is -2.19. The smallest absolute Gasteiger partial charge is 0.318 e. The number of benzene rings is 1. The number of fused-ring (bicyclic) bond motifs is 1. The van der Waals surface area contributed by atoms with E-state index in [2.05, 4.69) is 4.98 Å². The van der Waals surface area contributed by atoms with E-state index in [0.717, 1.165) is 10.6 Å². The molecule has 2 rings (SSSR count). The lowest BCUT2D eigenvalue weighted by Gasteiger charge is -2.10. The van der Waals surface area contributed by atoms with Gasteiger partial charge in [0.15, 0.2) is 0 Å². The van der Waals surface area contributed by atoms with Crippen LogP contribution in [0.4, 0.5) is 17.6 Å². The molecule has 0 atom stereocenters. The third kappa shape index (κ3) is 2.54. The zero-order valence-electron chi connectivity index (χ0n) is 8.73. The van der Waals surface area contributed by atoms with Gasteiger partial charge in [-0.15, -0.1) is 11.6 Å². The van der Waals surface area contributed by atoms with E-state index in [9.17, 15) is 17.6 Å². The predicted molar refractivity (Wildman–Crippen MR) is 60.3 cm³/mol. The summed E-state index contributed by atoms with van der Waals surface area (Å²) in [6.07, 6.45) is -4.44. The highest BCUT2D eigenvalue weighted by Crippen LogP contribution is 2.27. The quantitative estimate of drug-likeness (QED) is 0.602. The molecule has 0 fully saturated rings. The Balaban J connectivity index is 2.65. The normalized spacial score (nSPS) is 12.3. The number of rotatable bonds is 2. The van der Waals surface area contributed by atoms with Crippen LogP contribution in [0, 0.1) is 5.82 Å². The average molecular weight is 301 g/mol.